The molecule has 6 heteroatoms. The summed E-state index contributed by atoms with van der Waals surface area (Å²) in [6.45, 7) is 16.1. The molecular formula is C42H76N2O4. The molecule has 0 heterocycles. The van der Waals surface area contributed by atoms with E-state index in [0.717, 1.165) is 52.1 Å². The Morgan fingerprint density at radius 3 is 0.979 bits per heavy atom. The molecule has 48 heavy (non-hydrogen) atoms. The van der Waals surface area contributed by atoms with Crippen LogP contribution in [0.1, 0.15) is 190 Å². The molecule has 0 aliphatic rings. The summed E-state index contributed by atoms with van der Waals surface area (Å²) in [4.78, 5) is 31.2. The summed E-state index contributed by atoms with van der Waals surface area (Å²) >= 11 is 0. The Morgan fingerprint density at radius 1 is 0.417 bits per heavy atom. The number of benzene rings is 1. The lowest BCUT2D eigenvalue weighted by Gasteiger charge is -2.22. The number of esters is 2. The van der Waals surface area contributed by atoms with E-state index in [1.807, 2.05) is 0 Å². The smallest absolute Gasteiger partial charge is 0.339 e. The van der Waals surface area contributed by atoms with Crippen molar-refractivity contribution in [1.29, 1.82) is 0 Å². The highest BCUT2D eigenvalue weighted by molar-refractivity contribution is 6.03. The molecule has 0 N–H and O–H groups in total. The fourth-order valence-corrected chi connectivity index (χ4v) is 6.33. The third-order valence-corrected chi connectivity index (χ3v) is 9.38. The van der Waals surface area contributed by atoms with Gasteiger partial charge in [-0.3, -0.25) is 0 Å². The van der Waals surface area contributed by atoms with Gasteiger partial charge in [0.05, 0.1) is 24.3 Å². The minimum absolute atomic E-state index is 0.298. The van der Waals surface area contributed by atoms with Gasteiger partial charge in [-0.2, -0.15) is 0 Å². The molecule has 0 spiro atoms. The first-order chi connectivity index (χ1) is 23.6. The highest BCUT2D eigenvalue weighted by Gasteiger charge is 2.19. The highest BCUT2D eigenvalue weighted by atomic mass is 16.5. The summed E-state index contributed by atoms with van der Waals surface area (Å²) in [6.07, 6.45) is 27.3. The number of carbonyl (C=O) groups excluding carboxylic acids is 2. The van der Waals surface area contributed by atoms with E-state index in [9.17, 15) is 9.59 Å². The van der Waals surface area contributed by atoms with E-state index < -0.39 is 11.9 Å². The van der Waals surface area contributed by atoms with Gasteiger partial charge in [0.25, 0.3) is 0 Å². The van der Waals surface area contributed by atoms with Crippen molar-refractivity contribution in [3.8, 4) is 0 Å². The molecular weight excluding hydrogens is 596 g/mol. The number of rotatable bonds is 34. The Morgan fingerprint density at radius 2 is 0.688 bits per heavy atom. The van der Waals surface area contributed by atoms with Crippen molar-refractivity contribution in [2.45, 2.75) is 169 Å². The van der Waals surface area contributed by atoms with Crippen molar-refractivity contribution in [1.82, 2.24) is 9.80 Å². The number of hydrogen-bond donors (Lipinski definition) is 0. The van der Waals surface area contributed by atoms with Gasteiger partial charge >= 0.3 is 11.9 Å². The van der Waals surface area contributed by atoms with Crippen LogP contribution in [0, 0.1) is 0 Å². The van der Waals surface area contributed by atoms with Gasteiger partial charge in [-0.05, 0) is 76.8 Å². The number of unbranched alkanes of at least 4 members (excludes halogenated alkanes) is 16. The van der Waals surface area contributed by atoms with Gasteiger partial charge in [0, 0.05) is 13.1 Å². The maximum Gasteiger partial charge on any atom is 0.339 e. The van der Waals surface area contributed by atoms with Crippen LogP contribution in [-0.4, -0.2) is 74.2 Å². The predicted molar refractivity (Wildman–Crippen MR) is 204 cm³/mol. The summed E-state index contributed by atoms with van der Waals surface area (Å²) in [5.74, 6) is -0.879. The molecule has 6 nitrogen and oxygen atoms in total. The third-order valence-electron chi connectivity index (χ3n) is 9.38. The largest absolute Gasteiger partial charge is 0.462 e. The molecule has 0 saturated heterocycles. The standard InChI is InChI=1S/C42H76N2O4/c1-5-9-13-17-23-31-43(32-24-18-14-10-6-2)35-27-37-47-41(45)39-29-21-22-30-40(39)42(46)48-38-28-36-44(33-25-19-15-11-7-3)34-26-20-16-12-8-4/h21-22,29-30H,5-20,23-28,31-38H2,1-4H3. The van der Waals surface area contributed by atoms with Gasteiger partial charge in [0.2, 0.25) is 0 Å². The average Bonchev–Trinajstić information content (AvgIpc) is 3.10. The van der Waals surface area contributed by atoms with E-state index in [4.69, 9.17) is 9.47 Å². The van der Waals surface area contributed by atoms with Crippen molar-refractivity contribution < 1.29 is 19.1 Å². The molecule has 0 saturated carbocycles. The van der Waals surface area contributed by atoms with Crippen molar-refractivity contribution in [3.63, 3.8) is 0 Å². The summed E-state index contributed by atoms with van der Waals surface area (Å²) in [7, 11) is 0. The summed E-state index contributed by atoms with van der Waals surface area (Å²) in [6, 6.07) is 6.92. The van der Waals surface area contributed by atoms with E-state index in [1.54, 1.807) is 24.3 Å². The molecule has 0 bridgehead atoms. The lowest BCUT2D eigenvalue weighted by atomic mass is 10.1. The Kier molecular flexibility index (Phi) is 29.7. The second-order valence-corrected chi connectivity index (χ2v) is 13.9. The van der Waals surface area contributed by atoms with Crippen LogP contribution in [0.5, 0.6) is 0 Å². The molecule has 0 atom stereocenters. The van der Waals surface area contributed by atoms with Gasteiger partial charge in [-0.1, -0.05) is 143 Å². The zero-order chi connectivity index (χ0) is 34.9. The minimum atomic E-state index is -0.439. The quantitative estimate of drug-likeness (QED) is 0.0536. The van der Waals surface area contributed by atoms with Crippen molar-refractivity contribution >= 4 is 11.9 Å². The molecule has 1 aromatic carbocycles. The van der Waals surface area contributed by atoms with E-state index in [0.29, 0.717) is 24.3 Å². The fourth-order valence-electron chi connectivity index (χ4n) is 6.33. The Labute approximate surface area is 297 Å². The molecule has 0 radical (unpaired) electrons. The van der Waals surface area contributed by atoms with Gasteiger partial charge < -0.3 is 19.3 Å². The maximum absolute atomic E-state index is 13.1. The monoisotopic (exact) mass is 673 g/mol. The second kappa shape index (κ2) is 32.3. The third kappa shape index (κ3) is 23.4. The van der Waals surface area contributed by atoms with Gasteiger partial charge in [-0.25, -0.2) is 9.59 Å². The Bertz CT molecular complexity index is 793. The lowest BCUT2D eigenvalue weighted by Crippen LogP contribution is -2.28. The Balaban J connectivity index is 2.53. The minimum Gasteiger partial charge on any atom is -0.462 e. The molecule has 0 aromatic heterocycles. The van der Waals surface area contributed by atoms with E-state index >= 15 is 0 Å². The number of hydrogen-bond acceptors (Lipinski definition) is 6. The van der Waals surface area contributed by atoms with Crippen LogP contribution in [0.25, 0.3) is 0 Å². The van der Waals surface area contributed by atoms with Crippen LogP contribution in [0.2, 0.25) is 0 Å². The van der Waals surface area contributed by atoms with Crippen molar-refractivity contribution in [2.24, 2.45) is 0 Å². The molecule has 0 fully saturated rings. The van der Waals surface area contributed by atoms with Crippen LogP contribution in [0.4, 0.5) is 0 Å². The lowest BCUT2D eigenvalue weighted by molar-refractivity contribution is 0.0440. The molecule has 1 aromatic rings. The first-order valence-electron chi connectivity index (χ1n) is 20.4. The van der Waals surface area contributed by atoms with Gasteiger partial charge in [0.1, 0.15) is 0 Å². The van der Waals surface area contributed by atoms with Crippen LogP contribution >= 0.6 is 0 Å². The average molecular weight is 673 g/mol. The highest BCUT2D eigenvalue weighted by Crippen LogP contribution is 2.14. The van der Waals surface area contributed by atoms with E-state index in [-0.39, 0.29) is 0 Å². The number of ether oxygens (including phenoxy) is 2. The molecule has 0 amide bonds. The van der Waals surface area contributed by atoms with Gasteiger partial charge in [0.15, 0.2) is 0 Å². The number of carbonyl (C=O) groups is 2. The van der Waals surface area contributed by atoms with Crippen LogP contribution in [0.3, 0.4) is 0 Å². The first-order valence-corrected chi connectivity index (χ1v) is 20.4. The van der Waals surface area contributed by atoms with Crippen LogP contribution in [-0.2, 0) is 9.47 Å². The fraction of sp³-hybridized carbons (Fsp3) is 0.810. The normalized spacial score (nSPS) is 11.5. The SMILES string of the molecule is CCCCCCCN(CCCCCCC)CCCOC(=O)c1ccccc1C(=O)OCCCN(CCCCCCC)CCCCCCC. The van der Waals surface area contributed by atoms with Crippen molar-refractivity contribution in [3.05, 3.63) is 35.4 Å². The predicted octanol–water partition coefficient (Wildman–Crippen LogP) is 11.3. The maximum atomic E-state index is 13.1. The molecule has 0 aliphatic heterocycles. The second-order valence-electron chi connectivity index (χ2n) is 13.9. The molecule has 0 aliphatic carbocycles. The van der Waals surface area contributed by atoms with E-state index in [2.05, 4.69) is 37.5 Å². The molecule has 278 valence electrons. The van der Waals surface area contributed by atoms with Crippen LogP contribution in [0.15, 0.2) is 24.3 Å². The molecule has 0 unspecified atom stereocenters. The van der Waals surface area contributed by atoms with Crippen molar-refractivity contribution in [2.75, 3.05) is 52.5 Å². The molecule has 1 rings (SSSR count). The zero-order valence-electron chi connectivity index (χ0n) is 32.1. The van der Waals surface area contributed by atoms with E-state index in [1.165, 1.54) is 128 Å². The summed E-state index contributed by atoms with van der Waals surface area (Å²) in [5, 5.41) is 0. The topological polar surface area (TPSA) is 59.1 Å². The van der Waals surface area contributed by atoms with Crippen LogP contribution < -0.4 is 0 Å². The summed E-state index contributed by atoms with van der Waals surface area (Å²) in [5.41, 5.74) is 0.596. The van der Waals surface area contributed by atoms with Gasteiger partial charge in [-0.15, -0.1) is 0 Å². The summed E-state index contributed by atoms with van der Waals surface area (Å²) < 4.78 is 11.4. The Hall–Kier alpha value is -1.92. The number of nitrogens with zero attached hydrogens (tertiary/aromatic N) is 2. The first kappa shape index (κ1) is 44.1. The zero-order valence-corrected chi connectivity index (χ0v) is 32.1.